The average molecular weight is 342 g/mol. The lowest BCUT2D eigenvalue weighted by molar-refractivity contribution is -0.143. The third kappa shape index (κ3) is 2.92. The molecule has 1 saturated carbocycles. The largest absolute Gasteiger partial charge is 0.364 e. The van der Waals surface area contributed by atoms with Gasteiger partial charge in [-0.1, -0.05) is 25.8 Å². The molecule has 1 saturated heterocycles. The Labute approximate surface area is 128 Å². The van der Waals surface area contributed by atoms with Crippen molar-refractivity contribution < 1.29 is 9.13 Å². The highest BCUT2D eigenvalue weighted by atomic mass is 79.9. The lowest BCUT2D eigenvalue weighted by Gasteiger charge is -2.46. The molecule has 0 radical (unpaired) electrons. The van der Waals surface area contributed by atoms with E-state index in [0.717, 1.165) is 37.4 Å². The van der Waals surface area contributed by atoms with Gasteiger partial charge < -0.3 is 10.1 Å². The quantitative estimate of drug-likeness (QED) is 0.826. The maximum atomic E-state index is 13.4. The molecule has 3 rings (SSSR count). The zero-order valence-corrected chi connectivity index (χ0v) is 13.4. The predicted molar refractivity (Wildman–Crippen MR) is 81.2 cm³/mol. The first kappa shape index (κ1) is 14.5. The van der Waals surface area contributed by atoms with E-state index < -0.39 is 0 Å². The van der Waals surface area contributed by atoms with E-state index in [9.17, 15) is 4.39 Å². The van der Waals surface area contributed by atoms with E-state index in [4.69, 9.17) is 4.74 Å². The highest BCUT2D eigenvalue weighted by molar-refractivity contribution is 9.10. The third-order valence-electron chi connectivity index (χ3n) is 4.53. The number of rotatable bonds is 1. The van der Waals surface area contributed by atoms with Gasteiger partial charge in [-0.3, -0.25) is 0 Å². The summed E-state index contributed by atoms with van der Waals surface area (Å²) in [5, 5.41) is 3.51. The number of ether oxygens (including phenoxy) is 1. The summed E-state index contributed by atoms with van der Waals surface area (Å²) in [6, 6.07) is 5.18. The summed E-state index contributed by atoms with van der Waals surface area (Å²) in [5.74, 6) is 0.503. The summed E-state index contributed by atoms with van der Waals surface area (Å²) >= 11 is 3.26. The van der Waals surface area contributed by atoms with E-state index in [1.807, 2.05) is 12.1 Å². The molecule has 3 atom stereocenters. The molecule has 1 aromatic carbocycles. The molecule has 1 aliphatic carbocycles. The van der Waals surface area contributed by atoms with Crippen molar-refractivity contribution >= 4 is 15.9 Å². The van der Waals surface area contributed by atoms with Crippen LogP contribution in [0.25, 0.3) is 0 Å². The first-order chi connectivity index (χ1) is 9.58. The highest BCUT2D eigenvalue weighted by Gasteiger charge is 2.40. The van der Waals surface area contributed by atoms with Crippen LogP contribution >= 0.6 is 15.9 Å². The van der Waals surface area contributed by atoms with Crippen molar-refractivity contribution in [2.24, 2.45) is 5.92 Å². The number of nitrogens with one attached hydrogen (secondary N) is 1. The smallest absolute Gasteiger partial charge is 0.137 e. The first-order valence-corrected chi connectivity index (χ1v) is 8.21. The summed E-state index contributed by atoms with van der Waals surface area (Å²) < 4.78 is 20.3. The Bertz CT molecular complexity index is 491. The molecule has 0 bridgehead atoms. The van der Waals surface area contributed by atoms with E-state index in [1.54, 1.807) is 0 Å². The maximum absolute atomic E-state index is 13.4. The Balaban J connectivity index is 1.79. The second-order valence-electron chi connectivity index (χ2n) is 6.30. The maximum Gasteiger partial charge on any atom is 0.137 e. The van der Waals surface area contributed by atoms with Crippen LogP contribution in [0.5, 0.6) is 0 Å². The number of morpholine rings is 1. The van der Waals surface area contributed by atoms with Crippen molar-refractivity contribution in [1.29, 1.82) is 0 Å². The van der Waals surface area contributed by atoms with Gasteiger partial charge >= 0.3 is 0 Å². The highest BCUT2D eigenvalue weighted by Crippen LogP contribution is 2.40. The Kier molecular flexibility index (Phi) is 4.16. The van der Waals surface area contributed by atoms with Crippen LogP contribution in [0.4, 0.5) is 4.39 Å². The number of benzene rings is 1. The molecule has 1 heterocycles. The fraction of sp³-hybridized carbons (Fsp3) is 0.625. The Hall–Kier alpha value is -0.450. The minimum Gasteiger partial charge on any atom is -0.364 e. The Morgan fingerprint density at radius 2 is 2.30 bits per heavy atom. The number of hydrogen-bond donors (Lipinski definition) is 1. The van der Waals surface area contributed by atoms with Gasteiger partial charge in [-0.15, -0.1) is 0 Å². The molecule has 4 heteroatoms. The second kappa shape index (κ2) is 5.74. The van der Waals surface area contributed by atoms with Gasteiger partial charge in [0.25, 0.3) is 0 Å². The fourth-order valence-corrected chi connectivity index (χ4v) is 3.99. The predicted octanol–water partition coefficient (Wildman–Crippen LogP) is 4.20. The van der Waals surface area contributed by atoms with E-state index in [2.05, 4.69) is 28.2 Å². The van der Waals surface area contributed by atoms with Crippen molar-refractivity contribution in [1.82, 2.24) is 5.32 Å². The molecule has 0 amide bonds. The molecule has 3 unspecified atom stereocenters. The molecular weight excluding hydrogens is 321 g/mol. The minimum absolute atomic E-state index is 0.0194. The van der Waals surface area contributed by atoms with Crippen molar-refractivity contribution in [3.05, 3.63) is 34.1 Å². The Morgan fingerprint density at radius 1 is 1.45 bits per heavy atom. The van der Waals surface area contributed by atoms with Crippen LogP contribution in [0.3, 0.4) is 0 Å². The van der Waals surface area contributed by atoms with E-state index in [-0.39, 0.29) is 17.5 Å². The van der Waals surface area contributed by atoms with Gasteiger partial charge in [-0.05, 0) is 52.4 Å². The Morgan fingerprint density at radius 3 is 3.05 bits per heavy atom. The molecule has 2 aliphatic rings. The van der Waals surface area contributed by atoms with Crippen LogP contribution in [0.2, 0.25) is 0 Å². The molecular formula is C16H21BrFNO. The molecule has 2 nitrogen and oxygen atoms in total. The number of hydrogen-bond acceptors (Lipinski definition) is 2. The summed E-state index contributed by atoms with van der Waals surface area (Å²) in [7, 11) is 0. The third-order valence-corrected chi connectivity index (χ3v) is 5.14. The van der Waals surface area contributed by atoms with Gasteiger partial charge in [0.05, 0.1) is 16.2 Å². The monoisotopic (exact) mass is 341 g/mol. The van der Waals surface area contributed by atoms with Crippen LogP contribution in [0.15, 0.2) is 22.7 Å². The zero-order valence-electron chi connectivity index (χ0n) is 11.8. The van der Waals surface area contributed by atoms with Crippen molar-refractivity contribution in [2.75, 3.05) is 13.1 Å². The van der Waals surface area contributed by atoms with Gasteiger partial charge in [-0.2, -0.15) is 0 Å². The summed E-state index contributed by atoms with van der Waals surface area (Å²) in [6.45, 7) is 4.05. The summed E-state index contributed by atoms with van der Waals surface area (Å²) in [4.78, 5) is 0. The first-order valence-electron chi connectivity index (χ1n) is 7.41. The van der Waals surface area contributed by atoms with Gasteiger partial charge in [0.2, 0.25) is 0 Å². The second-order valence-corrected chi connectivity index (χ2v) is 7.15. The van der Waals surface area contributed by atoms with Crippen molar-refractivity contribution in [3.63, 3.8) is 0 Å². The normalized spacial score (nSPS) is 34.4. The topological polar surface area (TPSA) is 21.3 Å². The SMILES string of the molecule is CC1CCCC2(CNCC(c3ccc(F)c(Br)c3)O2)C1. The van der Waals surface area contributed by atoms with Crippen molar-refractivity contribution in [2.45, 2.75) is 44.3 Å². The van der Waals surface area contributed by atoms with Crippen LogP contribution in [-0.2, 0) is 4.74 Å². The van der Waals surface area contributed by atoms with Gasteiger partial charge in [0, 0.05) is 13.1 Å². The molecule has 0 aromatic heterocycles. The molecule has 110 valence electrons. The molecule has 1 N–H and O–H groups in total. The molecule has 1 spiro atoms. The van der Waals surface area contributed by atoms with E-state index >= 15 is 0 Å². The lowest BCUT2D eigenvalue weighted by Crippen LogP contribution is -2.52. The standard InChI is InChI=1S/C16H21BrFNO/c1-11-3-2-6-16(8-11)10-19-9-15(20-16)12-4-5-14(18)13(17)7-12/h4-5,7,11,15,19H,2-3,6,8-10H2,1H3. The summed E-state index contributed by atoms with van der Waals surface area (Å²) in [6.07, 6.45) is 4.81. The lowest BCUT2D eigenvalue weighted by atomic mass is 9.77. The minimum atomic E-state index is -0.224. The van der Waals surface area contributed by atoms with Crippen LogP contribution in [0.1, 0.15) is 44.3 Å². The zero-order chi connectivity index (χ0) is 14.2. The van der Waals surface area contributed by atoms with Crippen LogP contribution < -0.4 is 5.32 Å². The van der Waals surface area contributed by atoms with Crippen molar-refractivity contribution in [3.8, 4) is 0 Å². The number of halogens is 2. The van der Waals surface area contributed by atoms with Crippen LogP contribution in [-0.4, -0.2) is 18.7 Å². The van der Waals surface area contributed by atoms with Gasteiger partial charge in [0.15, 0.2) is 0 Å². The summed E-state index contributed by atoms with van der Waals surface area (Å²) in [5.41, 5.74) is 1.02. The van der Waals surface area contributed by atoms with Crippen LogP contribution in [0, 0.1) is 11.7 Å². The molecule has 2 fully saturated rings. The van der Waals surface area contributed by atoms with Gasteiger partial charge in [-0.25, -0.2) is 4.39 Å². The fourth-order valence-electron chi connectivity index (χ4n) is 3.59. The molecule has 20 heavy (non-hydrogen) atoms. The van der Waals surface area contributed by atoms with Gasteiger partial charge in [0.1, 0.15) is 5.82 Å². The average Bonchev–Trinajstić information content (AvgIpc) is 2.42. The molecule has 1 aliphatic heterocycles. The molecule has 1 aromatic rings. The van der Waals surface area contributed by atoms with E-state index in [0.29, 0.717) is 4.47 Å². The van der Waals surface area contributed by atoms with E-state index in [1.165, 1.54) is 18.9 Å².